The van der Waals surface area contributed by atoms with Crippen LogP contribution < -0.4 is 4.74 Å². The molecule has 1 aliphatic rings. The summed E-state index contributed by atoms with van der Waals surface area (Å²) in [6.07, 6.45) is 1.89. The Morgan fingerprint density at radius 2 is 2.13 bits per heavy atom. The maximum absolute atomic E-state index is 11.4. The largest absolute Gasteiger partial charge is 0.489 e. The maximum atomic E-state index is 11.4. The zero-order valence-electron chi connectivity index (χ0n) is 17.3. The minimum atomic E-state index is -0.254. The van der Waals surface area contributed by atoms with Gasteiger partial charge in [0.05, 0.1) is 25.2 Å². The van der Waals surface area contributed by atoms with E-state index in [9.17, 15) is 4.79 Å². The molecule has 0 aliphatic carbocycles. The van der Waals surface area contributed by atoms with Crippen LogP contribution in [-0.2, 0) is 27.3 Å². The Morgan fingerprint density at radius 3 is 2.87 bits per heavy atom. The molecule has 0 bridgehead atoms. The number of nitrogens with one attached hydrogen (secondary N) is 1. The lowest BCUT2D eigenvalue weighted by molar-refractivity contribution is -0.140. The van der Waals surface area contributed by atoms with Crippen molar-refractivity contribution in [2.24, 2.45) is 0 Å². The molecule has 3 aromatic rings. The van der Waals surface area contributed by atoms with Crippen LogP contribution in [0.5, 0.6) is 5.75 Å². The predicted molar refractivity (Wildman–Crippen MR) is 117 cm³/mol. The molecule has 1 unspecified atom stereocenters. The molecular formula is C24H26ClNO4. The molecule has 6 heteroatoms. The van der Waals surface area contributed by atoms with Gasteiger partial charge in [-0.15, -0.1) is 0 Å². The van der Waals surface area contributed by atoms with E-state index in [1.165, 1.54) is 18.2 Å². The lowest BCUT2D eigenvalue weighted by Crippen LogP contribution is -2.02. The third kappa shape index (κ3) is 4.47. The van der Waals surface area contributed by atoms with Gasteiger partial charge in [0.15, 0.2) is 0 Å². The molecule has 0 amide bonds. The number of esters is 1. The van der Waals surface area contributed by atoms with E-state index < -0.39 is 0 Å². The molecule has 1 aromatic heterocycles. The fourth-order valence-electron chi connectivity index (χ4n) is 4.02. The molecule has 1 aliphatic heterocycles. The van der Waals surface area contributed by atoms with Crippen LogP contribution in [0.4, 0.5) is 0 Å². The summed E-state index contributed by atoms with van der Waals surface area (Å²) in [7, 11) is 1.39. The molecule has 1 atom stereocenters. The van der Waals surface area contributed by atoms with Crippen molar-refractivity contribution in [1.82, 2.24) is 4.98 Å². The van der Waals surface area contributed by atoms with E-state index in [-0.39, 0.29) is 12.4 Å². The highest BCUT2D eigenvalue weighted by atomic mass is 35.5. The molecule has 2 aromatic carbocycles. The smallest absolute Gasteiger partial charge is 0.305 e. The van der Waals surface area contributed by atoms with Gasteiger partial charge in [0.1, 0.15) is 12.4 Å². The lowest BCUT2D eigenvalue weighted by atomic mass is 9.93. The summed E-state index contributed by atoms with van der Waals surface area (Å²) in [5.74, 6) is 1.01. The fourth-order valence-corrected chi connectivity index (χ4v) is 4.32. The Bertz CT molecular complexity index is 1050. The number of aromatic nitrogens is 1. The Labute approximate surface area is 181 Å². The Kier molecular flexibility index (Phi) is 6.30. The summed E-state index contributed by atoms with van der Waals surface area (Å²) in [4.78, 5) is 14.7. The predicted octanol–water partition coefficient (Wildman–Crippen LogP) is 5.32. The molecule has 30 heavy (non-hydrogen) atoms. The summed E-state index contributed by atoms with van der Waals surface area (Å²) in [5, 5.41) is 1.51. The second-order valence-electron chi connectivity index (χ2n) is 7.74. The standard InChI is InChI=1S/C24H26ClNO4/c1-15-11-16(3-5-19(15)17-9-10-29-14-17)13-30-18-4-6-21-20(12-18)24(25)22(26-21)7-8-23(27)28-2/h3-6,11-12,17,26H,7-10,13-14H2,1-2H3. The van der Waals surface area contributed by atoms with Crippen LogP contribution in [-0.4, -0.2) is 31.3 Å². The number of hydrogen-bond acceptors (Lipinski definition) is 4. The molecule has 5 nitrogen and oxygen atoms in total. The second kappa shape index (κ2) is 9.11. The first-order valence-corrected chi connectivity index (χ1v) is 10.6. The average Bonchev–Trinajstić information content (AvgIpc) is 3.39. The number of halogens is 1. The van der Waals surface area contributed by atoms with E-state index in [1.54, 1.807) is 0 Å². The number of aryl methyl sites for hydroxylation is 2. The summed E-state index contributed by atoms with van der Waals surface area (Å²) in [6, 6.07) is 12.3. The van der Waals surface area contributed by atoms with Gasteiger partial charge in [0.2, 0.25) is 0 Å². The first-order chi connectivity index (χ1) is 14.5. The van der Waals surface area contributed by atoms with Crippen molar-refractivity contribution in [3.63, 3.8) is 0 Å². The number of methoxy groups -OCH3 is 1. The van der Waals surface area contributed by atoms with Crippen molar-refractivity contribution in [1.29, 1.82) is 0 Å². The van der Waals surface area contributed by atoms with Crippen LogP contribution in [0.1, 0.15) is 41.1 Å². The molecule has 1 saturated heterocycles. The third-order valence-corrected chi connectivity index (χ3v) is 6.13. The van der Waals surface area contributed by atoms with Crippen LogP contribution in [0.2, 0.25) is 5.02 Å². The van der Waals surface area contributed by atoms with E-state index >= 15 is 0 Å². The maximum Gasteiger partial charge on any atom is 0.305 e. The van der Waals surface area contributed by atoms with Gasteiger partial charge >= 0.3 is 5.97 Å². The third-order valence-electron chi connectivity index (χ3n) is 5.69. The highest BCUT2D eigenvalue weighted by Gasteiger charge is 2.19. The van der Waals surface area contributed by atoms with Crippen molar-refractivity contribution >= 4 is 28.5 Å². The van der Waals surface area contributed by atoms with Gasteiger partial charge in [-0.05, 0) is 54.7 Å². The van der Waals surface area contributed by atoms with Gasteiger partial charge in [-0.25, -0.2) is 0 Å². The summed E-state index contributed by atoms with van der Waals surface area (Å²) in [6.45, 7) is 4.31. The van der Waals surface area contributed by atoms with Crippen molar-refractivity contribution in [3.05, 3.63) is 63.8 Å². The van der Waals surface area contributed by atoms with Crippen molar-refractivity contribution in [3.8, 4) is 5.75 Å². The van der Waals surface area contributed by atoms with Crippen LogP contribution >= 0.6 is 11.6 Å². The number of hydrogen-bond donors (Lipinski definition) is 1. The monoisotopic (exact) mass is 427 g/mol. The second-order valence-corrected chi connectivity index (χ2v) is 8.12. The Hall–Kier alpha value is -2.50. The van der Waals surface area contributed by atoms with Crippen LogP contribution in [0.15, 0.2) is 36.4 Å². The summed E-state index contributed by atoms with van der Waals surface area (Å²) >= 11 is 6.52. The van der Waals surface area contributed by atoms with Crippen molar-refractivity contribution < 1.29 is 19.0 Å². The molecule has 1 N–H and O–H groups in total. The number of aromatic amines is 1. The van der Waals surface area contributed by atoms with Crippen LogP contribution in [0.25, 0.3) is 10.9 Å². The Morgan fingerprint density at radius 1 is 1.27 bits per heavy atom. The van der Waals surface area contributed by atoms with E-state index in [0.717, 1.165) is 47.5 Å². The van der Waals surface area contributed by atoms with Gasteiger partial charge in [-0.2, -0.15) is 0 Å². The minimum Gasteiger partial charge on any atom is -0.489 e. The molecular weight excluding hydrogens is 402 g/mol. The SMILES string of the molecule is COC(=O)CCc1[nH]c2ccc(OCc3ccc(C4CCOC4)c(C)c3)cc2c1Cl. The fraction of sp³-hybridized carbons (Fsp3) is 0.375. The number of fused-ring (bicyclic) bond motifs is 1. The highest BCUT2D eigenvalue weighted by molar-refractivity contribution is 6.36. The van der Waals surface area contributed by atoms with Gasteiger partial charge in [-0.3, -0.25) is 4.79 Å². The van der Waals surface area contributed by atoms with Crippen molar-refractivity contribution in [2.75, 3.05) is 20.3 Å². The van der Waals surface area contributed by atoms with E-state index in [0.29, 0.717) is 24.0 Å². The first kappa shape index (κ1) is 20.8. The van der Waals surface area contributed by atoms with Crippen molar-refractivity contribution in [2.45, 2.75) is 38.7 Å². The number of rotatable bonds is 7. The first-order valence-electron chi connectivity index (χ1n) is 10.2. The van der Waals surface area contributed by atoms with E-state index in [2.05, 4.69) is 30.1 Å². The number of benzene rings is 2. The van der Waals surface area contributed by atoms with Gasteiger partial charge in [0, 0.05) is 29.1 Å². The minimum absolute atomic E-state index is 0.254. The summed E-state index contributed by atoms with van der Waals surface area (Å²) < 4.78 is 16.3. The highest BCUT2D eigenvalue weighted by Crippen LogP contribution is 2.32. The average molecular weight is 428 g/mol. The van der Waals surface area contributed by atoms with Crippen LogP contribution in [0.3, 0.4) is 0 Å². The number of H-pyrrole nitrogens is 1. The van der Waals surface area contributed by atoms with Gasteiger partial charge in [-0.1, -0.05) is 29.8 Å². The van der Waals surface area contributed by atoms with Crippen LogP contribution in [0, 0.1) is 6.92 Å². The number of ether oxygens (including phenoxy) is 3. The molecule has 2 heterocycles. The lowest BCUT2D eigenvalue weighted by Gasteiger charge is -2.14. The normalized spacial score (nSPS) is 16.2. The molecule has 158 valence electrons. The van der Waals surface area contributed by atoms with E-state index in [4.69, 9.17) is 25.8 Å². The molecule has 0 radical (unpaired) electrons. The zero-order valence-corrected chi connectivity index (χ0v) is 18.1. The molecule has 0 spiro atoms. The van der Waals surface area contributed by atoms with Gasteiger partial charge < -0.3 is 19.2 Å². The molecule has 0 saturated carbocycles. The molecule has 1 fully saturated rings. The molecule has 4 rings (SSSR count). The number of carbonyl (C=O) groups excluding carboxylic acids is 1. The quantitative estimate of drug-likeness (QED) is 0.518. The Balaban J connectivity index is 1.44. The van der Waals surface area contributed by atoms with Gasteiger partial charge in [0.25, 0.3) is 0 Å². The van der Waals surface area contributed by atoms with E-state index in [1.807, 2.05) is 18.2 Å². The topological polar surface area (TPSA) is 60.6 Å². The summed E-state index contributed by atoms with van der Waals surface area (Å²) in [5.41, 5.74) is 5.54. The number of carbonyl (C=O) groups is 1. The zero-order chi connectivity index (χ0) is 21.1.